The Balaban J connectivity index is 1.90. The molecule has 25 heavy (non-hydrogen) atoms. The monoisotopic (exact) mass is 348 g/mol. The summed E-state index contributed by atoms with van der Waals surface area (Å²) in [5.41, 5.74) is 0.00908. The predicted molar refractivity (Wildman–Crippen MR) is 87.5 cm³/mol. The van der Waals surface area contributed by atoms with Crippen LogP contribution in [0.3, 0.4) is 0 Å². The van der Waals surface area contributed by atoms with Crippen molar-refractivity contribution in [2.45, 2.75) is 25.9 Å². The van der Waals surface area contributed by atoms with Gasteiger partial charge in [0.1, 0.15) is 5.52 Å². The van der Waals surface area contributed by atoms with Crippen LogP contribution in [0.4, 0.5) is 18.9 Å². The molecule has 0 spiro atoms. The third kappa shape index (κ3) is 3.50. The van der Waals surface area contributed by atoms with E-state index in [9.17, 15) is 18.0 Å². The van der Waals surface area contributed by atoms with E-state index in [1.165, 1.54) is 12.1 Å². The Morgan fingerprint density at radius 3 is 2.56 bits per heavy atom. The van der Waals surface area contributed by atoms with Crippen LogP contribution >= 0.6 is 0 Å². The van der Waals surface area contributed by atoms with Crippen molar-refractivity contribution in [3.63, 3.8) is 0 Å². The molecule has 7 heteroatoms. The van der Waals surface area contributed by atoms with Gasteiger partial charge in [0.25, 0.3) is 5.91 Å². The van der Waals surface area contributed by atoms with E-state index in [1.807, 2.05) is 13.8 Å². The number of fused-ring (bicyclic) bond motifs is 1. The molecule has 3 rings (SSSR count). The molecule has 3 aromatic rings. The lowest BCUT2D eigenvalue weighted by molar-refractivity contribution is -0.137. The average Bonchev–Trinajstić information content (AvgIpc) is 2.97. The van der Waals surface area contributed by atoms with Crippen molar-refractivity contribution in [1.82, 2.24) is 4.98 Å². The molecule has 1 N–H and O–H groups in total. The number of rotatable bonds is 3. The first-order valence-electron chi connectivity index (χ1n) is 7.64. The second kappa shape index (κ2) is 6.23. The van der Waals surface area contributed by atoms with Crippen LogP contribution in [-0.4, -0.2) is 10.9 Å². The van der Waals surface area contributed by atoms with Crippen LogP contribution in [0.15, 0.2) is 46.9 Å². The molecule has 0 saturated heterocycles. The molecule has 0 saturated carbocycles. The summed E-state index contributed by atoms with van der Waals surface area (Å²) in [6.45, 7) is 3.86. The summed E-state index contributed by atoms with van der Waals surface area (Å²) in [6, 6.07) is 9.42. The molecule has 0 aliphatic carbocycles. The molecule has 0 radical (unpaired) electrons. The SMILES string of the molecule is CC(C)c1nc2ccc(NC(=O)c3ccccc3C(F)(F)F)cc2o1. The number of carbonyl (C=O) groups is 1. The zero-order valence-electron chi connectivity index (χ0n) is 13.5. The molecule has 0 aliphatic heterocycles. The van der Waals surface area contributed by atoms with Crippen LogP contribution < -0.4 is 5.32 Å². The number of carbonyl (C=O) groups excluding carboxylic acids is 1. The molecule has 1 heterocycles. The largest absolute Gasteiger partial charge is 0.440 e. The van der Waals surface area contributed by atoms with E-state index in [1.54, 1.807) is 18.2 Å². The first-order chi connectivity index (χ1) is 11.8. The summed E-state index contributed by atoms with van der Waals surface area (Å²) in [7, 11) is 0. The van der Waals surface area contributed by atoms with Crippen molar-refractivity contribution >= 4 is 22.7 Å². The van der Waals surface area contributed by atoms with E-state index in [4.69, 9.17) is 4.42 Å². The number of benzene rings is 2. The molecular weight excluding hydrogens is 333 g/mol. The number of alkyl halides is 3. The van der Waals surface area contributed by atoms with Gasteiger partial charge in [-0.3, -0.25) is 4.79 Å². The average molecular weight is 348 g/mol. The van der Waals surface area contributed by atoms with Crippen LogP contribution in [0, 0.1) is 0 Å². The van der Waals surface area contributed by atoms with Gasteiger partial charge in [0.05, 0.1) is 11.1 Å². The minimum Gasteiger partial charge on any atom is -0.440 e. The normalized spacial score (nSPS) is 11.9. The fourth-order valence-electron chi connectivity index (χ4n) is 2.39. The van der Waals surface area contributed by atoms with Crippen LogP contribution in [0.25, 0.3) is 11.1 Å². The fourth-order valence-corrected chi connectivity index (χ4v) is 2.39. The second-order valence-electron chi connectivity index (χ2n) is 5.89. The third-order valence-corrected chi connectivity index (χ3v) is 3.63. The van der Waals surface area contributed by atoms with Gasteiger partial charge in [-0.05, 0) is 24.3 Å². The maximum absolute atomic E-state index is 13.0. The quantitative estimate of drug-likeness (QED) is 0.706. The third-order valence-electron chi connectivity index (χ3n) is 3.63. The molecule has 4 nitrogen and oxygen atoms in total. The van der Waals surface area contributed by atoms with E-state index in [0.717, 1.165) is 12.1 Å². The minimum absolute atomic E-state index is 0.101. The number of oxazole rings is 1. The van der Waals surface area contributed by atoms with Gasteiger partial charge in [0.15, 0.2) is 11.5 Å². The molecule has 0 atom stereocenters. The van der Waals surface area contributed by atoms with Crippen molar-refractivity contribution in [2.75, 3.05) is 5.32 Å². The molecule has 2 aromatic carbocycles. The zero-order chi connectivity index (χ0) is 18.2. The van der Waals surface area contributed by atoms with E-state index >= 15 is 0 Å². The van der Waals surface area contributed by atoms with Crippen LogP contribution in [-0.2, 0) is 6.18 Å². The van der Waals surface area contributed by atoms with Gasteiger partial charge in [-0.2, -0.15) is 13.2 Å². The fraction of sp³-hybridized carbons (Fsp3) is 0.222. The van der Waals surface area contributed by atoms with Crippen LogP contribution in [0.1, 0.15) is 41.6 Å². The maximum atomic E-state index is 13.0. The van der Waals surface area contributed by atoms with Gasteiger partial charge in [0, 0.05) is 17.7 Å². The highest BCUT2D eigenvalue weighted by Gasteiger charge is 2.34. The molecule has 130 valence electrons. The highest BCUT2D eigenvalue weighted by atomic mass is 19.4. The van der Waals surface area contributed by atoms with Crippen molar-refractivity contribution < 1.29 is 22.4 Å². The summed E-state index contributed by atoms with van der Waals surface area (Å²) in [4.78, 5) is 16.6. The van der Waals surface area contributed by atoms with Crippen molar-refractivity contribution in [1.29, 1.82) is 0 Å². The molecular formula is C18H15F3N2O2. The predicted octanol–water partition coefficient (Wildman–Crippen LogP) is 5.22. The Bertz CT molecular complexity index is 929. The summed E-state index contributed by atoms with van der Waals surface area (Å²) >= 11 is 0. The second-order valence-corrected chi connectivity index (χ2v) is 5.89. The molecule has 0 aliphatic rings. The smallest absolute Gasteiger partial charge is 0.417 e. The van der Waals surface area contributed by atoms with Gasteiger partial charge < -0.3 is 9.73 Å². The van der Waals surface area contributed by atoms with Gasteiger partial charge in [0.2, 0.25) is 0 Å². The first-order valence-corrected chi connectivity index (χ1v) is 7.64. The maximum Gasteiger partial charge on any atom is 0.417 e. The Labute approximate surface area is 141 Å². The van der Waals surface area contributed by atoms with E-state index in [-0.39, 0.29) is 5.92 Å². The summed E-state index contributed by atoms with van der Waals surface area (Å²) in [5, 5.41) is 2.47. The summed E-state index contributed by atoms with van der Waals surface area (Å²) in [6.07, 6.45) is -4.60. The Hall–Kier alpha value is -2.83. The van der Waals surface area contributed by atoms with E-state index in [0.29, 0.717) is 22.7 Å². The zero-order valence-corrected chi connectivity index (χ0v) is 13.5. The molecule has 1 aromatic heterocycles. The lowest BCUT2D eigenvalue weighted by Gasteiger charge is -2.12. The summed E-state index contributed by atoms with van der Waals surface area (Å²) in [5.74, 6) is -0.180. The van der Waals surface area contributed by atoms with Crippen LogP contribution in [0.2, 0.25) is 0 Å². The first kappa shape index (κ1) is 17.0. The van der Waals surface area contributed by atoms with Gasteiger partial charge in [-0.25, -0.2) is 4.98 Å². The van der Waals surface area contributed by atoms with E-state index in [2.05, 4.69) is 10.3 Å². The van der Waals surface area contributed by atoms with Crippen LogP contribution in [0.5, 0.6) is 0 Å². The highest BCUT2D eigenvalue weighted by molar-refractivity contribution is 6.06. The number of aromatic nitrogens is 1. The van der Waals surface area contributed by atoms with Crippen molar-refractivity contribution in [2.24, 2.45) is 0 Å². The lowest BCUT2D eigenvalue weighted by Crippen LogP contribution is -2.18. The summed E-state index contributed by atoms with van der Waals surface area (Å²) < 4.78 is 44.7. The molecule has 0 bridgehead atoms. The number of halogens is 3. The molecule has 1 amide bonds. The lowest BCUT2D eigenvalue weighted by atomic mass is 10.1. The number of anilines is 1. The standard InChI is InChI=1S/C18H15F3N2O2/c1-10(2)17-23-14-8-7-11(9-15(14)25-17)22-16(24)12-5-3-4-6-13(12)18(19,20)21/h3-10H,1-2H3,(H,22,24). The Kier molecular flexibility index (Phi) is 4.24. The Morgan fingerprint density at radius 2 is 1.88 bits per heavy atom. The minimum atomic E-state index is -4.60. The molecule has 0 unspecified atom stereocenters. The van der Waals surface area contributed by atoms with Gasteiger partial charge in [-0.15, -0.1) is 0 Å². The number of hydrogen-bond acceptors (Lipinski definition) is 3. The number of amides is 1. The number of nitrogens with one attached hydrogen (secondary N) is 1. The number of hydrogen-bond donors (Lipinski definition) is 1. The number of nitrogens with zero attached hydrogens (tertiary/aromatic N) is 1. The topological polar surface area (TPSA) is 55.1 Å². The Morgan fingerprint density at radius 1 is 1.16 bits per heavy atom. The van der Waals surface area contributed by atoms with Gasteiger partial charge in [-0.1, -0.05) is 26.0 Å². The van der Waals surface area contributed by atoms with E-state index < -0.39 is 23.2 Å². The molecule has 0 fully saturated rings. The van der Waals surface area contributed by atoms with Crippen molar-refractivity contribution in [3.05, 3.63) is 59.5 Å². The highest BCUT2D eigenvalue weighted by Crippen LogP contribution is 2.32. The van der Waals surface area contributed by atoms with Gasteiger partial charge >= 0.3 is 6.18 Å². The van der Waals surface area contributed by atoms with Crippen molar-refractivity contribution in [3.8, 4) is 0 Å².